The Hall–Kier alpha value is 0.860. The Kier molecular flexibility index (Phi) is 0.959. The van der Waals surface area contributed by atoms with Crippen molar-refractivity contribution in [3.05, 3.63) is 0 Å². The van der Waals surface area contributed by atoms with Crippen molar-refractivity contribution >= 4 is 17.2 Å². The molecule has 2 aliphatic heterocycles. The summed E-state index contributed by atoms with van der Waals surface area (Å²) in [5.74, 6) is 0. The van der Waals surface area contributed by atoms with Crippen LogP contribution in [0.2, 0.25) is 0 Å². The van der Waals surface area contributed by atoms with E-state index in [1.54, 1.807) is 24.9 Å². The molecule has 2 heterocycles. The van der Waals surface area contributed by atoms with Crippen molar-refractivity contribution in [2.45, 2.75) is 11.6 Å². The number of hydrogen-bond donors (Lipinski definition) is 0. The predicted molar refractivity (Wildman–Crippen MR) is 38.6 cm³/mol. The quantitative estimate of drug-likeness (QED) is 0.438. The van der Waals surface area contributed by atoms with Gasteiger partial charge in [-0.2, -0.15) is 0 Å². The molecular weight excluding hydrogens is 122 g/mol. The molecule has 0 bridgehead atoms. The van der Waals surface area contributed by atoms with Crippen LogP contribution in [0.3, 0.4) is 0 Å². The lowest BCUT2D eigenvalue weighted by atomic mass is 10.1. The Bertz CT molecular complexity index is 66.6. The lowest BCUT2D eigenvalue weighted by Gasteiger charge is -2.49. The Morgan fingerprint density at radius 2 is 2.00 bits per heavy atom. The maximum absolute atomic E-state index is 1.60. The van der Waals surface area contributed by atoms with Crippen LogP contribution in [-0.4, -0.2) is 23.6 Å². The lowest BCUT2D eigenvalue weighted by Crippen LogP contribution is -2.43. The molecule has 0 aromatic carbocycles. The second-order valence-electron chi connectivity index (χ2n) is 2.56. The van der Waals surface area contributed by atoms with Gasteiger partial charge in [0.1, 0.15) is 0 Å². The highest BCUT2D eigenvalue weighted by atomic mass is 31.1. The summed E-state index contributed by atoms with van der Waals surface area (Å²) >= 11 is 0. The average Bonchev–Trinajstić information content (AvgIpc) is 1.20. The zero-order valence-electron chi connectivity index (χ0n) is 4.33. The smallest absolute Gasteiger partial charge is 0.00450 e. The summed E-state index contributed by atoms with van der Waals surface area (Å²) in [6.45, 7) is 0. The van der Waals surface area contributed by atoms with Gasteiger partial charge in [0.2, 0.25) is 0 Å². The van der Waals surface area contributed by atoms with Gasteiger partial charge in [-0.1, -0.05) is 0 Å². The Morgan fingerprint density at radius 1 is 1.29 bits per heavy atom. The van der Waals surface area contributed by atoms with Crippen molar-refractivity contribution in [3.63, 3.8) is 0 Å². The predicted octanol–water partition coefficient (Wildman–Crippen LogP) is 1.50. The van der Waals surface area contributed by atoms with Crippen LogP contribution in [0, 0.1) is 0 Å². The summed E-state index contributed by atoms with van der Waals surface area (Å²) in [4.78, 5) is 0. The third-order valence-corrected chi connectivity index (χ3v) is 6.44. The van der Waals surface area contributed by atoms with E-state index < -0.39 is 0 Å². The van der Waals surface area contributed by atoms with E-state index in [0.29, 0.717) is 0 Å². The largest absolute Gasteiger partial charge is 0.120 e. The van der Waals surface area contributed by atoms with E-state index in [1.165, 1.54) is 17.2 Å². The molecule has 0 amide bonds. The van der Waals surface area contributed by atoms with Crippen molar-refractivity contribution in [1.82, 2.24) is 0 Å². The third kappa shape index (κ3) is 0.570. The first-order chi connectivity index (χ1) is 3.41. The first-order valence-corrected chi connectivity index (χ1v) is 5.49. The Morgan fingerprint density at radius 3 is 2.00 bits per heavy atom. The van der Waals surface area contributed by atoms with Gasteiger partial charge < -0.3 is 0 Å². The number of rotatable bonds is 0. The fraction of sp³-hybridized carbons (Fsp3) is 1.00. The second-order valence-corrected chi connectivity index (χ2v) is 5.68. The van der Waals surface area contributed by atoms with Gasteiger partial charge in [0.05, 0.1) is 0 Å². The van der Waals surface area contributed by atoms with Crippen LogP contribution in [0.4, 0.5) is 0 Å². The summed E-state index contributed by atoms with van der Waals surface area (Å²) in [6, 6.07) is 0. The SMILES string of the molecule is C1CC2(CPC2)P1. The number of hydrogen-bond acceptors (Lipinski definition) is 0. The standard InChI is InChI=1S/C5H10P2/c1-2-7-5(1)3-6-4-5/h6-7H,1-4H2. The van der Waals surface area contributed by atoms with Crippen molar-refractivity contribution in [2.75, 3.05) is 18.5 Å². The van der Waals surface area contributed by atoms with Crippen molar-refractivity contribution < 1.29 is 0 Å². The summed E-state index contributed by atoms with van der Waals surface area (Å²) in [5, 5.41) is 0.985. The van der Waals surface area contributed by atoms with Crippen LogP contribution in [0.25, 0.3) is 0 Å². The molecular formula is C5H10P2. The van der Waals surface area contributed by atoms with Gasteiger partial charge in [-0.15, -0.1) is 17.2 Å². The molecule has 40 valence electrons. The topological polar surface area (TPSA) is 0 Å². The van der Waals surface area contributed by atoms with Crippen LogP contribution in [-0.2, 0) is 0 Å². The van der Waals surface area contributed by atoms with Crippen molar-refractivity contribution in [2.24, 2.45) is 0 Å². The van der Waals surface area contributed by atoms with E-state index in [1.807, 2.05) is 0 Å². The van der Waals surface area contributed by atoms with Crippen LogP contribution < -0.4 is 0 Å². The van der Waals surface area contributed by atoms with E-state index in [-0.39, 0.29) is 0 Å². The molecule has 7 heavy (non-hydrogen) atoms. The van der Waals surface area contributed by atoms with Crippen LogP contribution >= 0.6 is 17.2 Å². The van der Waals surface area contributed by atoms with Gasteiger partial charge in [0, 0.05) is 0 Å². The first kappa shape index (κ1) is 4.71. The minimum Gasteiger partial charge on any atom is -0.120 e. The Labute approximate surface area is 48.0 Å². The summed E-state index contributed by atoms with van der Waals surface area (Å²) < 4.78 is 0. The molecule has 1 unspecified atom stereocenters. The van der Waals surface area contributed by atoms with Gasteiger partial charge in [-0.05, 0) is 30.1 Å². The molecule has 0 aromatic heterocycles. The molecule has 2 heteroatoms. The highest BCUT2D eigenvalue weighted by Gasteiger charge is 2.41. The van der Waals surface area contributed by atoms with Gasteiger partial charge in [0.25, 0.3) is 0 Å². The molecule has 1 spiro atoms. The lowest BCUT2D eigenvalue weighted by molar-refractivity contribution is 0.617. The van der Waals surface area contributed by atoms with Gasteiger partial charge >= 0.3 is 0 Å². The monoisotopic (exact) mass is 132 g/mol. The maximum atomic E-state index is 1.60. The second kappa shape index (κ2) is 1.42. The molecule has 2 saturated heterocycles. The molecule has 2 rings (SSSR count). The van der Waals surface area contributed by atoms with E-state index in [2.05, 4.69) is 0 Å². The van der Waals surface area contributed by atoms with Crippen LogP contribution in [0.1, 0.15) is 6.42 Å². The van der Waals surface area contributed by atoms with E-state index in [4.69, 9.17) is 0 Å². The Balaban J connectivity index is 2.00. The van der Waals surface area contributed by atoms with Crippen LogP contribution in [0.5, 0.6) is 0 Å². The normalized spacial score (nSPS) is 54.9. The zero-order chi connectivity index (χ0) is 4.74. The fourth-order valence-corrected chi connectivity index (χ4v) is 5.12. The summed E-state index contributed by atoms with van der Waals surface area (Å²) in [7, 11) is 2.70. The van der Waals surface area contributed by atoms with E-state index in [9.17, 15) is 0 Å². The molecule has 0 saturated carbocycles. The summed E-state index contributed by atoms with van der Waals surface area (Å²) in [6.07, 6.45) is 6.35. The average molecular weight is 132 g/mol. The first-order valence-electron chi connectivity index (χ1n) is 2.87. The molecule has 0 radical (unpaired) electrons. The van der Waals surface area contributed by atoms with Crippen molar-refractivity contribution in [1.29, 1.82) is 0 Å². The fourth-order valence-electron chi connectivity index (χ4n) is 1.21. The molecule has 0 N–H and O–H groups in total. The van der Waals surface area contributed by atoms with E-state index >= 15 is 0 Å². The molecule has 1 atom stereocenters. The zero-order valence-corrected chi connectivity index (χ0v) is 6.33. The highest BCUT2D eigenvalue weighted by molar-refractivity contribution is 7.50. The third-order valence-electron chi connectivity index (χ3n) is 2.03. The molecule has 0 aliphatic carbocycles. The minimum absolute atomic E-state index is 0.985. The molecule has 2 aliphatic rings. The maximum Gasteiger partial charge on any atom is -0.00450 e. The van der Waals surface area contributed by atoms with Crippen LogP contribution in [0.15, 0.2) is 0 Å². The highest BCUT2D eigenvalue weighted by Crippen LogP contribution is 2.58. The molecule has 0 nitrogen and oxygen atoms in total. The minimum atomic E-state index is 0.985. The molecule has 0 aromatic rings. The van der Waals surface area contributed by atoms with Crippen molar-refractivity contribution in [3.8, 4) is 0 Å². The van der Waals surface area contributed by atoms with Gasteiger partial charge in [-0.25, -0.2) is 0 Å². The van der Waals surface area contributed by atoms with Gasteiger partial charge in [0.15, 0.2) is 0 Å². The van der Waals surface area contributed by atoms with E-state index in [0.717, 1.165) is 5.16 Å². The summed E-state index contributed by atoms with van der Waals surface area (Å²) in [5.41, 5.74) is 0. The van der Waals surface area contributed by atoms with Gasteiger partial charge in [-0.3, -0.25) is 0 Å². The molecule has 2 fully saturated rings.